The van der Waals surface area contributed by atoms with Gasteiger partial charge in [-0.3, -0.25) is 4.79 Å². The van der Waals surface area contributed by atoms with Crippen molar-refractivity contribution in [1.29, 1.82) is 0 Å². The van der Waals surface area contributed by atoms with Crippen LogP contribution in [0, 0.1) is 0 Å². The number of hydrogen-bond donors (Lipinski definition) is 1. The van der Waals surface area contributed by atoms with Crippen LogP contribution in [0.3, 0.4) is 0 Å². The monoisotopic (exact) mass is 368 g/mol. The SMILES string of the molecule is CNCCCC(=O)N1CCN(c2ccc(Cl)cn2)CC1.Cl.Cl. The van der Waals surface area contributed by atoms with E-state index in [9.17, 15) is 4.79 Å². The van der Waals surface area contributed by atoms with Gasteiger partial charge in [0.05, 0.1) is 5.02 Å². The lowest BCUT2D eigenvalue weighted by atomic mass is 10.2. The summed E-state index contributed by atoms with van der Waals surface area (Å²) in [6.45, 7) is 4.07. The minimum absolute atomic E-state index is 0. The van der Waals surface area contributed by atoms with E-state index in [2.05, 4.69) is 15.2 Å². The van der Waals surface area contributed by atoms with E-state index in [1.54, 1.807) is 6.20 Å². The number of aromatic nitrogens is 1. The molecule has 1 saturated heterocycles. The maximum absolute atomic E-state index is 12.0. The highest BCUT2D eigenvalue weighted by atomic mass is 35.5. The van der Waals surface area contributed by atoms with Crippen molar-refractivity contribution in [3.63, 3.8) is 0 Å². The van der Waals surface area contributed by atoms with Gasteiger partial charge in [0.25, 0.3) is 0 Å². The molecule has 0 radical (unpaired) electrons. The summed E-state index contributed by atoms with van der Waals surface area (Å²) in [7, 11) is 1.91. The standard InChI is InChI=1S/C14H21ClN4O.2ClH/c1-16-6-2-3-14(20)19-9-7-18(8-10-19)13-5-4-12(15)11-17-13;;/h4-5,11,16H,2-3,6-10H2,1H3;2*1H. The molecule has 0 aromatic carbocycles. The van der Waals surface area contributed by atoms with Crippen LogP contribution in [0.4, 0.5) is 5.82 Å². The second-order valence-corrected chi connectivity index (χ2v) is 5.35. The molecule has 22 heavy (non-hydrogen) atoms. The number of nitrogens with one attached hydrogen (secondary N) is 1. The van der Waals surface area contributed by atoms with Crippen molar-refractivity contribution in [2.24, 2.45) is 0 Å². The summed E-state index contributed by atoms with van der Waals surface area (Å²) in [4.78, 5) is 20.5. The minimum atomic E-state index is 0. The maximum Gasteiger partial charge on any atom is 0.222 e. The lowest BCUT2D eigenvalue weighted by molar-refractivity contribution is -0.131. The number of carbonyl (C=O) groups is 1. The Morgan fingerprint density at radius 3 is 2.50 bits per heavy atom. The molecular formula is C14H23Cl3N4O. The summed E-state index contributed by atoms with van der Waals surface area (Å²) < 4.78 is 0. The average molecular weight is 370 g/mol. The number of anilines is 1. The molecule has 0 atom stereocenters. The molecule has 2 heterocycles. The average Bonchev–Trinajstić information content (AvgIpc) is 2.48. The van der Waals surface area contributed by atoms with Crippen molar-refractivity contribution in [2.75, 3.05) is 44.7 Å². The molecule has 5 nitrogen and oxygen atoms in total. The van der Waals surface area contributed by atoms with E-state index in [1.165, 1.54) is 0 Å². The largest absolute Gasteiger partial charge is 0.353 e. The van der Waals surface area contributed by atoms with Crippen molar-refractivity contribution < 1.29 is 4.79 Å². The van der Waals surface area contributed by atoms with Crippen LogP contribution in [0.25, 0.3) is 0 Å². The Morgan fingerprint density at radius 1 is 1.27 bits per heavy atom. The van der Waals surface area contributed by atoms with Crippen LogP contribution in [-0.4, -0.2) is 55.6 Å². The fraction of sp³-hybridized carbons (Fsp3) is 0.571. The van der Waals surface area contributed by atoms with E-state index in [1.807, 2.05) is 24.1 Å². The fourth-order valence-electron chi connectivity index (χ4n) is 2.31. The van der Waals surface area contributed by atoms with Gasteiger partial charge in [0, 0.05) is 38.8 Å². The zero-order valence-corrected chi connectivity index (χ0v) is 15.0. The Bertz CT molecular complexity index is 436. The molecule has 2 rings (SSSR count). The van der Waals surface area contributed by atoms with E-state index in [4.69, 9.17) is 11.6 Å². The number of piperazine rings is 1. The van der Waals surface area contributed by atoms with Gasteiger partial charge in [0.1, 0.15) is 5.82 Å². The van der Waals surface area contributed by atoms with Crippen LogP contribution in [-0.2, 0) is 4.79 Å². The second kappa shape index (κ2) is 10.9. The van der Waals surface area contributed by atoms with E-state index in [-0.39, 0.29) is 30.7 Å². The predicted octanol–water partition coefficient (Wildman–Crippen LogP) is 2.23. The number of nitrogens with zero attached hydrogens (tertiary/aromatic N) is 3. The van der Waals surface area contributed by atoms with Gasteiger partial charge in [-0.2, -0.15) is 0 Å². The van der Waals surface area contributed by atoms with Crippen molar-refractivity contribution in [3.05, 3.63) is 23.4 Å². The van der Waals surface area contributed by atoms with Gasteiger partial charge in [-0.1, -0.05) is 11.6 Å². The van der Waals surface area contributed by atoms with E-state index in [0.717, 1.165) is 45.0 Å². The molecule has 1 aromatic heterocycles. The Morgan fingerprint density at radius 2 is 1.95 bits per heavy atom. The molecule has 1 aliphatic rings. The third kappa shape index (κ3) is 6.16. The van der Waals surface area contributed by atoms with Crippen LogP contribution < -0.4 is 10.2 Å². The van der Waals surface area contributed by atoms with Crippen molar-refractivity contribution in [1.82, 2.24) is 15.2 Å². The number of amides is 1. The Labute approximate surface area is 149 Å². The molecule has 1 N–H and O–H groups in total. The zero-order valence-electron chi connectivity index (χ0n) is 12.6. The van der Waals surface area contributed by atoms with Crippen LogP contribution in [0.1, 0.15) is 12.8 Å². The van der Waals surface area contributed by atoms with Crippen LogP contribution >= 0.6 is 36.4 Å². The number of carbonyl (C=O) groups excluding carboxylic acids is 1. The third-order valence-corrected chi connectivity index (χ3v) is 3.71. The van der Waals surface area contributed by atoms with E-state index >= 15 is 0 Å². The Balaban J connectivity index is 0.00000220. The van der Waals surface area contributed by atoms with Crippen molar-refractivity contribution in [3.8, 4) is 0 Å². The quantitative estimate of drug-likeness (QED) is 0.809. The van der Waals surface area contributed by atoms with Gasteiger partial charge in [0.2, 0.25) is 5.91 Å². The third-order valence-electron chi connectivity index (χ3n) is 3.49. The molecule has 8 heteroatoms. The summed E-state index contributed by atoms with van der Waals surface area (Å²) in [6.07, 6.45) is 3.18. The van der Waals surface area contributed by atoms with E-state index < -0.39 is 0 Å². The fourth-order valence-corrected chi connectivity index (χ4v) is 2.43. The normalized spacial score (nSPS) is 14.1. The minimum Gasteiger partial charge on any atom is -0.353 e. The van der Waals surface area contributed by atoms with Gasteiger partial charge < -0.3 is 15.1 Å². The highest BCUT2D eigenvalue weighted by Gasteiger charge is 2.21. The molecule has 1 aromatic rings. The highest BCUT2D eigenvalue weighted by Crippen LogP contribution is 2.16. The number of hydrogen-bond acceptors (Lipinski definition) is 4. The molecule has 1 fully saturated rings. The summed E-state index contributed by atoms with van der Waals surface area (Å²) in [5.74, 6) is 1.18. The zero-order chi connectivity index (χ0) is 14.4. The Hall–Kier alpha value is -0.750. The van der Waals surface area contributed by atoms with Crippen LogP contribution in [0.15, 0.2) is 18.3 Å². The first-order valence-corrected chi connectivity index (χ1v) is 7.37. The molecule has 1 aliphatic heterocycles. The van der Waals surface area contributed by atoms with Crippen molar-refractivity contribution >= 4 is 48.1 Å². The topological polar surface area (TPSA) is 48.5 Å². The summed E-state index contributed by atoms with van der Waals surface area (Å²) >= 11 is 5.84. The molecule has 0 spiro atoms. The molecule has 126 valence electrons. The van der Waals surface area contributed by atoms with Crippen molar-refractivity contribution in [2.45, 2.75) is 12.8 Å². The lowest BCUT2D eigenvalue weighted by Gasteiger charge is -2.35. The van der Waals surface area contributed by atoms with E-state index in [0.29, 0.717) is 11.4 Å². The molecule has 0 aliphatic carbocycles. The van der Waals surface area contributed by atoms with Crippen LogP contribution in [0.5, 0.6) is 0 Å². The smallest absolute Gasteiger partial charge is 0.222 e. The molecule has 0 saturated carbocycles. The summed E-state index contributed by atoms with van der Waals surface area (Å²) in [6, 6.07) is 3.77. The number of pyridine rings is 1. The summed E-state index contributed by atoms with van der Waals surface area (Å²) in [5.41, 5.74) is 0. The molecule has 1 amide bonds. The molecular weight excluding hydrogens is 347 g/mol. The van der Waals surface area contributed by atoms with Gasteiger partial charge in [-0.05, 0) is 32.1 Å². The first-order valence-electron chi connectivity index (χ1n) is 6.99. The first-order chi connectivity index (χ1) is 9.70. The van der Waals surface area contributed by atoms with Gasteiger partial charge in [0.15, 0.2) is 0 Å². The predicted molar refractivity (Wildman–Crippen MR) is 95.7 cm³/mol. The Kier molecular flexibility index (Phi) is 10.5. The van der Waals surface area contributed by atoms with Gasteiger partial charge in [-0.25, -0.2) is 4.98 Å². The molecule has 0 bridgehead atoms. The highest BCUT2D eigenvalue weighted by molar-refractivity contribution is 6.30. The summed E-state index contributed by atoms with van der Waals surface area (Å²) in [5, 5.41) is 3.71. The number of rotatable bonds is 5. The lowest BCUT2D eigenvalue weighted by Crippen LogP contribution is -2.49. The maximum atomic E-state index is 12.0. The molecule has 0 unspecified atom stereocenters. The second-order valence-electron chi connectivity index (χ2n) is 4.91. The van der Waals surface area contributed by atoms with Crippen LogP contribution in [0.2, 0.25) is 5.02 Å². The number of halogens is 3. The van der Waals surface area contributed by atoms with Gasteiger partial charge >= 0.3 is 0 Å². The van der Waals surface area contributed by atoms with Gasteiger partial charge in [-0.15, -0.1) is 24.8 Å². The first kappa shape index (κ1) is 21.2.